The van der Waals surface area contributed by atoms with Crippen LogP contribution in [-0.4, -0.2) is 16.8 Å². The molecule has 3 aromatic rings. The van der Waals surface area contributed by atoms with Crippen LogP contribution in [0.2, 0.25) is 0 Å². The van der Waals surface area contributed by atoms with Crippen molar-refractivity contribution in [2.45, 2.75) is 12.8 Å². The lowest BCUT2D eigenvalue weighted by molar-refractivity contribution is 0.288. The summed E-state index contributed by atoms with van der Waals surface area (Å²) in [5.41, 5.74) is 3.15. The van der Waals surface area contributed by atoms with Gasteiger partial charge in [-0.2, -0.15) is 0 Å². The van der Waals surface area contributed by atoms with Gasteiger partial charge in [-0.25, -0.2) is 0 Å². The van der Waals surface area contributed by atoms with E-state index in [1.807, 2.05) is 48.5 Å². The molecule has 0 amide bonds. The van der Waals surface area contributed by atoms with Gasteiger partial charge in [0.2, 0.25) is 0 Å². The monoisotopic (exact) mass is 278 g/mol. The topological polar surface area (TPSA) is 40.5 Å². The van der Waals surface area contributed by atoms with E-state index in [1.54, 1.807) is 0 Å². The van der Waals surface area contributed by atoms with Gasteiger partial charge in [-0.15, -0.1) is 0 Å². The summed E-state index contributed by atoms with van der Waals surface area (Å²) in [7, 11) is 0. The number of hydrogen-bond donors (Lipinski definition) is 2. The lowest BCUT2D eigenvalue weighted by Gasteiger charge is -2.13. The molecule has 0 unspecified atom stereocenters. The van der Waals surface area contributed by atoms with Gasteiger partial charge >= 0.3 is 0 Å². The smallest absolute Gasteiger partial charge is 0.126 e. The van der Waals surface area contributed by atoms with Gasteiger partial charge in [0.15, 0.2) is 0 Å². The first-order valence-corrected chi connectivity index (χ1v) is 7.21. The number of aromatic hydroxyl groups is 1. The van der Waals surface area contributed by atoms with Gasteiger partial charge < -0.3 is 10.2 Å². The molecule has 2 nitrogen and oxygen atoms in total. The number of rotatable bonds is 4. The molecule has 0 aliphatic rings. The SMILES string of the molecule is OCCCc1cc(-c2ccccc2)c2ccccc2c1O. The summed E-state index contributed by atoms with van der Waals surface area (Å²) < 4.78 is 0. The van der Waals surface area contributed by atoms with E-state index in [0.717, 1.165) is 27.5 Å². The van der Waals surface area contributed by atoms with Crippen molar-refractivity contribution >= 4 is 10.8 Å². The van der Waals surface area contributed by atoms with Crippen molar-refractivity contribution in [2.75, 3.05) is 6.61 Å². The van der Waals surface area contributed by atoms with Crippen LogP contribution in [0, 0.1) is 0 Å². The fraction of sp³-hybridized carbons (Fsp3) is 0.158. The molecule has 0 saturated carbocycles. The molecule has 3 aromatic carbocycles. The lowest BCUT2D eigenvalue weighted by atomic mass is 9.93. The largest absolute Gasteiger partial charge is 0.507 e. The highest BCUT2D eigenvalue weighted by Gasteiger charge is 2.12. The van der Waals surface area contributed by atoms with E-state index >= 15 is 0 Å². The molecule has 0 fully saturated rings. The highest BCUT2D eigenvalue weighted by Crippen LogP contribution is 2.37. The lowest BCUT2D eigenvalue weighted by Crippen LogP contribution is -1.93. The van der Waals surface area contributed by atoms with E-state index in [-0.39, 0.29) is 6.61 Å². The average molecular weight is 278 g/mol. The van der Waals surface area contributed by atoms with Gasteiger partial charge in [-0.3, -0.25) is 0 Å². The second-order valence-corrected chi connectivity index (χ2v) is 5.17. The van der Waals surface area contributed by atoms with Crippen molar-refractivity contribution in [2.24, 2.45) is 0 Å². The molecule has 0 atom stereocenters. The Morgan fingerprint density at radius 2 is 1.48 bits per heavy atom. The Morgan fingerprint density at radius 3 is 2.19 bits per heavy atom. The van der Waals surface area contributed by atoms with Crippen LogP contribution in [0.1, 0.15) is 12.0 Å². The molecular formula is C19H18O2. The van der Waals surface area contributed by atoms with Crippen LogP contribution in [0.4, 0.5) is 0 Å². The molecule has 0 aliphatic carbocycles. The van der Waals surface area contributed by atoms with E-state index in [9.17, 15) is 5.11 Å². The summed E-state index contributed by atoms with van der Waals surface area (Å²) in [6.45, 7) is 0.132. The maximum atomic E-state index is 10.5. The van der Waals surface area contributed by atoms with Crippen LogP contribution < -0.4 is 0 Å². The van der Waals surface area contributed by atoms with Gasteiger partial charge in [-0.1, -0.05) is 54.6 Å². The fourth-order valence-corrected chi connectivity index (χ4v) is 2.73. The van der Waals surface area contributed by atoms with Crippen molar-refractivity contribution in [3.05, 3.63) is 66.2 Å². The summed E-state index contributed by atoms with van der Waals surface area (Å²) in [6.07, 6.45) is 1.33. The van der Waals surface area contributed by atoms with Crippen molar-refractivity contribution in [3.63, 3.8) is 0 Å². The number of benzene rings is 3. The van der Waals surface area contributed by atoms with Crippen LogP contribution in [-0.2, 0) is 6.42 Å². The molecule has 0 aliphatic heterocycles. The standard InChI is InChI=1S/C19H18O2/c20-12-6-9-15-13-18(14-7-2-1-3-8-14)16-10-4-5-11-17(16)19(15)21/h1-5,7-8,10-11,13,20-21H,6,9,12H2. The molecule has 106 valence electrons. The Bertz CT molecular complexity index is 748. The Labute approximate surface area is 124 Å². The van der Waals surface area contributed by atoms with Crippen LogP contribution in [0.5, 0.6) is 5.75 Å². The number of fused-ring (bicyclic) bond motifs is 1. The summed E-state index contributed by atoms with van der Waals surface area (Å²) in [4.78, 5) is 0. The Balaban J connectivity index is 2.25. The first-order valence-electron chi connectivity index (χ1n) is 7.21. The van der Waals surface area contributed by atoms with E-state index in [2.05, 4.69) is 12.1 Å². The number of aliphatic hydroxyl groups is 1. The van der Waals surface area contributed by atoms with Crippen LogP contribution in [0.3, 0.4) is 0 Å². The minimum atomic E-state index is 0.132. The van der Waals surface area contributed by atoms with Crippen molar-refractivity contribution < 1.29 is 10.2 Å². The summed E-state index contributed by atoms with van der Waals surface area (Å²) in [5.74, 6) is 0.332. The minimum absolute atomic E-state index is 0.132. The second kappa shape index (κ2) is 5.98. The van der Waals surface area contributed by atoms with Gasteiger partial charge in [0, 0.05) is 12.0 Å². The predicted molar refractivity (Wildman–Crippen MR) is 86.5 cm³/mol. The molecule has 0 spiro atoms. The van der Waals surface area contributed by atoms with Crippen molar-refractivity contribution in [1.29, 1.82) is 0 Å². The minimum Gasteiger partial charge on any atom is -0.507 e. The molecule has 0 heterocycles. The highest BCUT2D eigenvalue weighted by atomic mass is 16.3. The van der Waals surface area contributed by atoms with Crippen LogP contribution >= 0.6 is 0 Å². The molecule has 0 saturated heterocycles. The fourth-order valence-electron chi connectivity index (χ4n) is 2.73. The van der Waals surface area contributed by atoms with E-state index in [0.29, 0.717) is 18.6 Å². The normalized spacial score (nSPS) is 10.9. The number of phenolic OH excluding ortho intramolecular Hbond substituents is 1. The van der Waals surface area contributed by atoms with Crippen LogP contribution in [0.25, 0.3) is 21.9 Å². The zero-order chi connectivity index (χ0) is 14.7. The van der Waals surface area contributed by atoms with E-state index < -0.39 is 0 Å². The quantitative estimate of drug-likeness (QED) is 0.753. The molecule has 3 rings (SSSR count). The second-order valence-electron chi connectivity index (χ2n) is 5.17. The Kier molecular flexibility index (Phi) is 3.89. The number of hydrogen-bond acceptors (Lipinski definition) is 2. The maximum Gasteiger partial charge on any atom is 0.126 e. The molecule has 2 heteroatoms. The zero-order valence-corrected chi connectivity index (χ0v) is 11.8. The molecule has 0 bridgehead atoms. The molecule has 0 radical (unpaired) electrons. The van der Waals surface area contributed by atoms with Crippen molar-refractivity contribution in [1.82, 2.24) is 0 Å². The Hall–Kier alpha value is -2.32. The van der Waals surface area contributed by atoms with Gasteiger partial charge in [0.05, 0.1) is 0 Å². The first kappa shape index (κ1) is 13.7. The average Bonchev–Trinajstić information content (AvgIpc) is 2.55. The van der Waals surface area contributed by atoms with Crippen molar-refractivity contribution in [3.8, 4) is 16.9 Å². The van der Waals surface area contributed by atoms with E-state index in [1.165, 1.54) is 0 Å². The molecule has 0 aromatic heterocycles. The van der Waals surface area contributed by atoms with Gasteiger partial charge in [0.1, 0.15) is 5.75 Å². The van der Waals surface area contributed by atoms with Gasteiger partial charge in [-0.05, 0) is 41.0 Å². The third kappa shape index (κ3) is 2.63. The molecular weight excluding hydrogens is 260 g/mol. The van der Waals surface area contributed by atoms with E-state index in [4.69, 9.17) is 5.11 Å². The summed E-state index contributed by atoms with van der Waals surface area (Å²) in [5, 5.41) is 21.4. The predicted octanol–water partition coefficient (Wildman–Crippen LogP) is 4.14. The maximum absolute atomic E-state index is 10.5. The number of aryl methyl sites for hydroxylation is 1. The third-order valence-corrected chi connectivity index (χ3v) is 3.78. The number of aliphatic hydroxyl groups excluding tert-OH is 1. The van der Waals surface area contributed by atoms with Crippen LogP contribution in [0.15, 0.2) is 60.7 Å². The highest BCUT2D eigenvalue weighted by molar-refractivity contribution is 6.00. The Morgan fingerprint density at radius 1 is 0.810 bits per heavy atom. The third-order valence-electron chi connectivity index (χ3n) is 3.78. The number of phenols is 1. The molecule has 21 heavy (non-hydrogen) atoms. The first-order chi connectivity index (χ1) is 10.3. The van der Waals surface area contributed by atoms with Gasteiger partial charge in [0.25, 0.3) is 0 Å². The zero-order valence-electron chi connectivity index (χ0n) is 11.8. The summed E-state index contributed by atoms with van der Waals surface area (Å²) >= 11 is 0. The summed E-state index contributed by atoms with van der Waals surface area (Å²) in [6, 6.07) is 20.1. The molecule has 2 N–H and O–H groups in total.